The van der Waals surface area contributed by atoms with E-state index in [0.29, 0.717) is 13.1 Å². The van der Waals surface area contributed by atoms with Gasteiger partial charge in [0.1, 0.15) is 5.82 Å². The predicted octanol–water partition coefficient (Wildman–Crippen LogP) is 4.80. The summed E-state index contributed by atoms with van der Waals surface area (Å²) in [6, 6.07) is 25.0. The molecule has 6 heteroatoms. The number of piperidine rings is 1. The Labute approximate surface area is 199 Å². The lowest BCUT2D eigenvalue weighted by molar-refractivity contribution is -0.125. The fraction of sp³-hybridized carbons (Fsp3) is 0.286. The summed E-state index contributed by atoms with van der Waals surface area (Å²) in [6.45, 7) is 2.85. The van der Waals surface area contributed by atoms with Gasteiger partial charge in [0.15, 0.2) is 0 Å². The monoisotopic (exact) mass is 456 g/mol. The summed E-state index contributed by atoms with van der Waals surface area (Å²) in [7, 11) is 0. The molecule has 2 heterocycles. The van der Waals surface area contributed by atoms with Crippen LogP contribution in [0.4, 0.5) is 10.3 Å². The van der Waals surface area contributed by atoms with Gasteiger partial charge in [-0.15, -0.1) is 0 Å². The van der Waals surface area contributed by atoms with Gasteiger partial charge < -0.3 is 14.8 Å². The van der Waals surface area contributed by atoms with Crippen LogP contribution < -0.4 is 10.2 Å². The smallest absolute Gasteiger partial charge is 0.223 e. The highest BCUT2D eigenvalue weighted by Gasteiger charge is 2.27. The van der Waals surface area contributed by atoms with Crippen molar-refractivity contribution in [3.05, 3.63) is 95.8 Å². The van der Waals surface area contributed by atoms with E-state index in [1.807, 2.05) is 48.5 Å². The van der Waals surface area contributed by atoms with Crippen LogP contribution in [0.25, 0.3) is 11.0 Å². The number of nitrogens with one attached hydrogen (secondary N) is 1. The molecule has 0 radical (unpaired) electrons. The van der Waals surface area contributed by atoms with Crippen LogP contribution in [0.2, 0.25) is 0 Å². The Morgan fingerprint density at radius 3 is 2.38 bits per heavy atom. The zero-order chi connectivity index (χ0) is 23.3. The summed E-state index contributed by atoms with van der Waals surface area (Å²) in [5.41, 5.74) is 4.26. The second-order valence-corrected chi connectivity index (χ2v) is 8.90. The van der Waals surface area contributed by atoms with Crippen LogP contribution in [0, 0.1) is 11.7 Å². The van der Waals surface area contributed by atoms with Gasteiger partial charge in [-0.1, -0.05) is 54.6 Å². The topological polar surface area (TPSA) is 50.2 Å². The Hall–Kier alpha value is -3.67. The number of nitrogens with zero attached hydrogens (tertiary/aromatic N) is 3. The Bertz CT molecular complexity index is 1240. The summed E-state index contributed by atoms with van der Waals surface area (Å²) in [4.78, 5) is 19.9. The molecule has 5 rings (SSSR count). The molecule has 1 aliphatic rings. The third-order valence-electron chi connectivity index (χ3n) is 6.59. The van der Waals surface area contributed by atoms with Crippen molar-refractivity contribution in [3.8, 4) is 0 Å². The first-order chi connectivity index (χ1) is 16.7. The number of hydrogen-bond acceptors (Lipinski definition) is 3. The standard InChI is InChI=1S/C28H29FN4O/c29-24-12-10-22(11-13-24)20-33-26-9-5-4-8-25(26)31-28(33)32-18-15-23(16-19-32)27(34)30-17-14-21-6-2-1-3-7-21/h1-13,23H,14-20H2,(H,30,34). The van der Waals surface area contributed by atoms with Crippen molar-refractivity contribution < 1.29 is 9.18 Å². The Balaban J connectivity index is 1.24. The molecule has 0 aliphatic carbocycles. The van der Waals surface area contributed by atoms with Gasteiger partial charge in [-0.05, 0) is 54.7 Å². The van der Waals surface area contributed by atoms with Gasteiger partial charge >= 0.3 is 0 Å². The molecule has 3 aromatic carbocycles. The van der Waals surface area contributed by atoms with Crippen molar-refractivity contribution in [2.45, 2.75) is 25.8 Å². The van der Waals surface area contributed by atoms with Crippen molar-refractivity contribution >= 4 is 22.9 Å². The lowest BCUT2D eigenvalue weighted by Crippen LogP contribution is -2.42. The summed E-state index contributed by atoms with van der Waals surface area (Å²) in [5, 5.41) is 3.12. The van der Waals surface area contributed by atoms with Crippen LogP contribution in [0.1, 0.15) is 24.0 Å². The molecule has 174 valence electrons. The summed E-state index contributed by atoms with van der Waals surface area (Å²) in [6.07, 6.45) is 2.45. The second-order valence-electron chi connectivity index (χ2n) is 8.90. The largest absolute Gasteiger partial charge is 0.356 e. The number of amides is 1. The molecule has 0 unspecified atom stereocenters. The van der Waals surface area contributed by atoms with Crippen molar-refractivity contribution in [2.24, 2.45) is 5.92 Å². The van der Waals surface area contributed by atoms with Crippen LogP contribution in [0.3, 0.4) is 0 Å². The van der Waals surface area contributed by atoms with E-state index < -0.39 is 0 Å². The number of imidazole rings is 1. The first-order valence-electron chi connectivity index (χ1n) is 11.9. The highest BCUT2D eigenvalue weighted by molar-refractivity contribution is 5.80. The van der Waals surface area contributed by atoms with Crippen molar-refractivity contribution in [1.82, 2.24) is 14.9 Å². The Morgan fingerprint density at radius 2 is 1.62 bits per heavy atom. The van der Waals surface area contributed by atoms with E-state index >= 15 is 0 Å². The number of fused-ring (bicyclic) bond motifs is 1. The molecule has 1 N–H and O–H groups in total. The first-order valence-corrected chi connectivity index (χ1v) is 11.9. The number of anilines is 1. The summed E-state index contributed by atoms with van der Waals surface area (Å²) >= 11 is 0. The molecule has 1 fully saturated rings. The number of benzene rings is 3. The number of halogens is 1. The third-order valence-corrected chi connectivity index (χ3v) is 6.59. The molecule has 5 nitrogen and oxygen atoms in total. The van der Waals surface area contributed by atoms with E-state index in [2.05, 4.69) is 33.0 Å². The number of hydrogen-bond donors (Lipinski definition) is 1. The van der Waals surface area contributed by atoms with Crippen LogP contribution in [0.15, 0.2) is 78.9 Å². The first kappa shape index (κ1) is 22.1. The van der Waals surface area contributed by atoms with Crippen LogP contribution in [0.5, 0.6) is 0 Å². The van der Waals surface area contributed by atoms with Gasteiger partial charge in [0.05, 0.1) is 17.6 Å². The number of carbonyl (C=O) groups is 1. The average molecular weight is 457 g/mol. The van der Waals surface area contributed by atoms with Gasteiger partial charge in [-0.2, -0.15) is 0 Å². The predicted molar refractivity (Wildman–Crippen MR) is 133 cm³/mol. The maximum absolute atomic E-state index is 13.4. The van der Waals surface area contributed by atoms with E-state index in [4.69, 9.17) is 4.98 Å². The lowest BCUT2D eigenvalue weighted by Gasteiger charge is -2.32. The SMILES string of the molecule is O=C(NCCc1ccccc1)C1CCN(c2nc3ccccc3n2Cc2ccc(F)cc2)CC1. The second kappa shape index (κ2) is 10.1. The molecule has 1 aromatic heterocycles. The molecular weight excluding hydrogens is 427 g/mol. The van der Waals surface area contributed by atoms with E-state index in [-0.39, 0.29) is 17.6 Å². The van der Waals surface area contributed by atoms with E-state index in [1.54, 1.807) is 0 Å². The molecular formula is C28H29FN4O. The Morgan fingerprint density at radius 1 is 0.912 bits per heavy atom. The quantitative estimate of drug-likeness (QED) is 0.435. The van der Waals surface area contributed by atoms with Gasteiger partial charge in [0.25, 0.3) is 0 Å². The minimum Gasteiger partial charge on any atom is -0.356 e. The summed E-state index contributed by atoms with van der Waals surface area (Å²) in [5.74, 6) is 0.856. The highest BCUT2D eigenvalue weighted by atomic mass is 19.1. The average Bonchev–Trinajstić information content (AvgIpc) is 3.24. The van der Waals surface area contributed by atoms with Crippen LogP contribution in [-0.4, -0.2) is 35.1 Å². The lowest BCUT2D eigenvalue weighted by atomic mass is 9.96. The minimum absolute atomic E-state index is 0.0296. The molecule has 4 aromatic rings. The van der Waals surface area contributed by atoms with E-state index in [9.17, 15) is 9.18 Å². The molecule has 0 atom stereocenters. The molecule has 0 spiro atoms. The molecule has 1 aliphatic heterocycles. The van der Waals surface area contributed by atoms with Crippen molar-refractivity contribution in [2.75, 3.05) is 24.5 Å². The van der Waals surface area contributed by atoms with Crippen molar-refractivity contribution in [1.29, 1.82) is 0 Å². The highest BCUT2D eigenvalue weighted by Crippen LogP contribution is 2.28. The maximum Gasteiger partial charge on any atom is 0.223 e. The summed E-state index contributed by atoms with van der Waals surface area (Å²) < 4.78 is 15.6. The zero-order valence-corrected chi connectivity index (χ0v) is 19.2. The molecule has 1 saturated heterocycles. The Kier molecular flexibility index (Phi) is 6.56. The van der Waals surface area contributed by atoms with Crippen molar-refractivity contribution in [3.63, 3.8) is 0 Å². The molecule has 34 heavy (non-hydrogen) atoms. The molecule has 0 bridgehead atoms. The van der Waals surface area contributed by atoms with E-state index in [0.717, 1.165) is 54.9 Å². The molecule has 0 saturated carbocycles. The maximum atomic E-state index is 13.4. The minimum atomic E-state index is -0.233. The number of aromatic nitrogens is 2. The molecule has 1 amide bonds. The van der Waals surface area contributed by atoms with Crippen LogP contribution in [-0.2, 0) is 17.8 Å². The number of carbonyl (C=O) groups excluding carboxylic acids is 1. The van der Waals surface area contributed by atoms with Gasteiger partial charge in [-0.3, -0.25) is 4.79 Å². The van der Waals surface area contributed by atoms with Crippen LogP contribution >= 0.6 is 0 Å². The number of rotatable bonds is 7. The van der Waals surface area contributed by atoms with Gasteiger partial charge in [0.2, 0.25) is 11.9 Å². The fourth-order valence-corrected chi connectivity index (χ4v) is 4.69. The van der Waals surface area contributed by atoms with Gasteiger partial charge in [0, 0.05) is 25.6 Å². The fourth-order valence-electron chi connectivity index (χ4n) is 4.69. The van der Waals surface area contributed by atoms with E-state index in [1.165, 1.54) is 17.7 Å². The normalized spacial score (nSPS) is 14.4. The zero-order valence-electron chi connectivity index (χ0n) is 19.2. The number of para-hydroxylation sites is 2. The third kappa shape index (κ3) is 4.96. The van der Waals surface area contributed by atoms with Gasteiger partial charge in [-0.25, -0.2) is 9.37 Å².